The van der Waals surface area contributed by atoms with Crippen molar-refractivity contribution in [3.8, 4) is 11.3 Å². The Bertz CT molecular complexity index is 1550. The molecule has 222 valence electrons. The highest BCUT2D eigenvalue weighted by Gasteiger charge is 2.40. The summed E-state index contributed by atoms with van der Waals surface area (Å²) in [5.74, 6) is 2.41. The van der Waals surface area contributed by atoms with E-state index in [9.17, 15) is 5.11 Å². The number of anilines is 1. The lowest BCUT2D eigenvalue weighted by atomic mass is 9.83. The molecule has 3 N–H and O–H groups in total. The van der Waals surface area contributed by atoms with E-state index >= 15 is 0 Å². The summed E-state index contributed by atoms with van der Waals surface area (Å²) in [5, 5.41) is 17.2. The molecule has 8 nitrogen and oxygen atoms in total. The van der Waals surface area contributed by atoms with Crippen molar-refractivity contribution in [3.63, 3.8) is 0 Å². The molecule has 3 fully saturated rings. The lowest BCUT2D eigenvalue weighted by molar-refractivity contribution is 0.116. The second-order valence-corrected chi connectivity index (χ2v) is 13.4. The van der Waals surface area contributed by atoms with Gasteiger partial charge in [-0.1, -0.05) is 42.7 Å². The Kier molecular flexibility index (Phi) is 7.71. The monoisotopic (exact) mass is 587 g/mol. The Morgan fingerprint density at radius 1 is 1.02 bits per heavy atom. The van der Waals surface area contributed by atoms with Gasteiger partial charge in [0.2, 0.25) is 5.28 Å². The first-order valence-corrected chi connectivity index (χ1v) is 16.1. The van der Waals surface area contributed by atoms with Crippen molar-refractivity contribution in [2.24, 2.45) is 17.8 Å². The van der Waals surface area contributed by atoms with E-state index in [1.54, 1.807) is 0 Å². The third kappa shape index (κ3) is 5.56. The summed E-state index contributed by atoms with van der Waals surface area (Å²) in [6.07, 6.45) is 13.5. The Morgan fingerprint density at radius 2 is 1.83 bits per heavy atom. The average molecular weight is 588 g/mol. The number of halogens is 1. The predicted molar refractivity (Wildman–Crippen MR) is 167 cm³/mol. The lowest BCUT2D eigenvalue weighted by Crippen LogP contribution is -2.38. The fourth-order valence-electron chi connectivity index (χ4n) is 8.07. The molecule has 4 heterocycles. The maximum absolute atomic E-state index is 11.4. The predicted octanol–water partition coefficient (Wildman–Crippen LogP) is 6.10. The summed E-state index contributed by atoms with van der Waals surface area (Å²) >= 11 is 6.32. The summed E-state index contributed by atoms with van der Waals surface area (Å²) < 4.78 is 4.05. The Morgan fingerprint density at radius 3 is 2.62 bits per heavy atom. The van der Waals surface area contributed by atoms with Crippen LogP contribution in [0.15, 0.2) is 42.7 Å². The lowest BCUT2D eigenvalue weighted by Gasteiger charge is -2.36. The topological polar surface area (TPSA) is 98.0 Å². The van der Waals surface area contributed by atoms with E-state index in [2.05, 4.69) is 56.8 Å². The number of hydrogen-bond acceptors (Lipinski definition) is 6. The Labute approximate surface area is 252 Å². The average Bonchev–Trinajstić information content (AvgIpc) is 3.76. The van der Waals surface area contributed by atoms with Crippen LogP contribution in [0.4, 0.5) is 5.82 Å². The van der Waals surface area contributed by atoms with E-state index in [0.717, 1.165) is 35.4 Å². The smallest absolute Gasteiger partial charge is 0.226 e. The molecule has 4 aromatic rings. The van der Waals surface area contributed by atoms with Crippen molar-refractivity contribution in [1.82, 2.24) is 29.2 Å². The van der Waals surface area contributed by atoms with Crippen LogP contribution in [0.3, 0.4) is 0 Å². The molecule has 0 unspecified atom stereocenters. The van der Waals surface area contributed by atoms with Crippen LogP contribution in [-0.4, -0.2) is 60.1 Å². The first-order chi connectivity index (χ1) is 20.4. The number of aromatic nitrogens is 5. The fourth-order valence-corrected chi connectivity index (χ4v) is 8.24. The van der Waals surface area contributed by atoms with E-state index in [0.29, 0.717) is 29.8 Å². The molecule has 42 heavy (non-hydrogen) atoms. The molecular formula is C33H42ClN7O. The van der Waals surface area contributed by atoms with E-state index in [4.69, 9.17) is 22.4 Å². The molecule has 1 aliphatic heterocycles. The van der Waals surface area contributed by atoms with Gasteiger partial charge in [-0.25, -0.2) is 4.98 Å². The molecule has 0 spiro atoms. The molecule has 3 atom stereocenters. The number of likely N-dealkylation sites (tertiary alicyclic amines) is 1. The highest BCUT2D eigenvalue weighted by Crippen LogP contribution is 2.45. The quantitative estimate of drug-likeness (QED) is 0.254. The largest absolute Gasteiger partial charge is 0.391 e. The number of aliphatic hydroxyl groups is 1. The number of aliphatic hydroxyl groups excluding tert-OH is 1. The van der Waals surface area contributed by atoms with Crippen molar-refractivity contribution in [1.29, 1.82) is 0 Å². The van der Waals surface area contributed by atoms with Crippen LogP contribution >= 0.6 is 11.6 Å². The van der Waals surface area contributed by atoms with E-state index in [1.807, 2.05) is 16.9 Å². The zero-order valence-corrected chi connectivity index (χ0v) is 25.3. The maximum Gasteiger partial charge on any atom is 0.226 e. The second kappa shape index (κ2) is 11.6. The highest BCUT2D eigenvalue weighted by atomic mass is 35.5. The second-order valence-electron chi connectivity index (χ2n) is 13.1. The molecule has 3 aliphatic rings. The number of rotatable bonds is 7. The van der Waals surface area contributed by atoms with Gasteiger partial charge in [-0.3, -0.25) is 4.68 Å². The molecule has 0 radical (unpaired) electrons. The normalized spacial score (nSPS) is 24.3. The van der Waals surface area contributed by atoms with Crippen LogP contribution in [-0.2, 0) is 6.54 Å². The van der Waals surface area contributed by atoms with Gasteiger partial charge in [-0.05, 0) is 99.5 Å². The van der Waals surface area contributed by atoms with Crippen LogP contribution < -0.4 is 5.73 Å². The summed E-state index contributed by atoms with van der Waals surface area (Å²) in [5.41, 5.74) is 11.2. The van der Waals surface area contributed by atoms with Crippen molar-refractivity contribution >= 4 is 28.5 Å². The molecule has 2 saturated carbocycles. The summed E-state index contributed by atoms with van der Waals surface area (Å²) in [7, 11) is 0. The Balaban J connectivity index is 1.12. The first-order valence-electron chi connectivity index (χ1n) is 15.7. The van der Waals surface area contributed by atoms with Crippen molar-refractivity contribution in [2.45, 2.75) is 77.0 Å². The van der Waals surface area contributed by atoms with Crippen molar-refractivity contribution in [2.75, 3.05) is 25.4 Å². The summed E-state index contributed by atoms with van der Waals surface area (Å²) in [6.45, 7) is 6.45. The number of fused-ring (bicyclic) bond motifs is 1. The molecule has 3 aromatic heterocycles. The number of piperidine rings is 1. The van der Waals surface area contributed by atoms with Gasteiger partial charge < -0.3 is 20.3 Å². The number of nitrogens with two attached hydrogens (primary N) is 1. The van der Waals surface area contributed by atoms with E-state index < -0.39 is 6.10 Å². The van der Waals surface area contributed by atoms with Crippen LogP contribution in [0.25, 0.3) is 22.3 Å². The van der Waals surface area contributed by atoms with Gasteiger partial charge in [-0.2, -0.15) is 10.1 Å². The molecule has 7 rings (SSSR count). The molecule has 1 aromatic carbocycles. The van der Waals surface area contributed by atoms with Crippen LogP contribution in [0.2, 0.25) is 5.28 Å². The van der Waals surface area contributed by atoms with Gasteiger partial charge in [0.15, 0.2) is 0 Å². The maximum atomic E-state index is 11.4. The molecular weight excluding hydrogens is 546 g/mol. The minimum atomic E-state index is -0.441. The van der Waals surface area contributed by atoms with Crippen molar-refractivity contribution in [3.05, 3.63) is 59.1 Å². The summed E-state index contributed by atoms with van der Waals surface area (Å²) in [4.78, 5) is 11.6. The fraction of sp³-hybridized carbons (Fsp3) is 0.545. The zero-order chi connectivity index (χ0) is 28.8. The molecule has 1 saturated heterocycles. The number of benzene rings is 1. The van der Waals surface area contributed by atoms with E-state index in [-0.39, 0.29) is 11.3 Å². The van der Waals surface area contributed by atoms with Crippen molar-refractivity contribution < 1.29 is 5.11 Å². The van der Waals surface area contributed by atoms with Gasteiger partial charge in [0.05, 0.1) is 29.8 Å². The number of hydrogen-bond donors (Lipinski definition) is 2. The molecule has 0 bridgehead atoms. The first kappa shape index (κ1) is 27.9. The minimum absolute atomic E-state index is 0.0810. The van der Waals surface area contributed by atoms with Gasteiger partial charge >= 0.3 is 0 Å². The highest BCUT2D eigenvalue weighted by molar-refractivity contribution is 6.29. The van der Waals surface area contributed by atoms with Gasteiger partial charge in [0.1, 0.15) is 11.5 Å². The number of nitrogens with zero attached hydrogens (tertiary/aromatic N) is 6. The standard InChI is InChI=1S/C33H42ClN7O/c1-21-5-4-8-23(15-21)19-40-14-11-27(38-40)26-20-41(32-30(26)31(35)36-33(34)37-32)28-16-25(17-29(28)42)24-9-12-39(13-10-24)18-22-6-2-3-7-22/h4-5,8,11,14-15,20,22,24-25,28-29,42H,2-3,6-7,9-10,12-13,16-19H2,1H3,(H2,35,36,37)/t25-,28+,29+/m0/s1. The zero-order valence-electron chi connectivity index (χ0n) is 24.5. The van der Waals surface area contributed by atoms with Gasteiger partial charge in [0.25, 0.3) is 0 Å². The van der Waals surface area contributed by atoms with Gasteiger partial charge in [-0.15, -0.1) is 0 Å². The number of nitrogen functional groups attached to an aromatic ring is 1. The Hall–Kier alpha value is -2.94. The van der Waals surface area contributed by atoms with Gasteiger partial charge in [0, 0.05) is 24.5 Å². The summed E-state index contributed by atoms with van der Waals surface area (Å²) in [6, 6.07) is 10.4. The van der Waals surface area contributed by atoms with E-state index in [1.165, 1.54) is 69.3 Å². The van der Waals surface area contributed by atoms with Crippen LogP contribution in [0, 0.1) is 24.7 Å². The molecule has 0 amide bonds. The van der Waals surface area contributed by atoms with Crippen LogP contribution in [0.5, 0.6) is 0 Å². The molecule has 2 aliphatic carbocycles. The minimum Gasteiger partial charge on any atom is -0.391 e. The number of aryl methyl sites for hydroxylation is 1. The third-order valence-electron chi connectivity index (χ3n) is 10.2. The SMILES string of the molecule is Cc1cccc(Cn2ccc(-c3cn([C@@H]4C[C@H](C5CCN(CC6CCCC6)CC5)C[C@H]4O)c4nc(Cl)nc(N)c34)n2)c1. The van der Waals surface area contributed by atoms with Crippen LogP contribution in [0.1, 0.15) is 68.5 Å². The third-order valence-corrected chi connectivity index (χ3v) is 10.4. The molecule has 9 heteroatoms.